The summed E-state index contributed by atoms with van der Waals surface area (Å²) in [5.74, 6) is 3.13. The zero-order valence-electron chi connectivity index (χ0n) is 25.6. The van der Waals surface area contributed by atoms with E-state index in [-0.39, 0.29) is 6.71 Å². The lowest BCUT2D eigenvalue weighted by atomic mass is 9.34. The Labute approximate surface area is 252 Å². The number of nitrogens with zero attached hydrogens (tertiary/aromatic N) is 1. The van der Waals surface area contributed by atoms with E-state index in [9.17, 15) is 0 Å². The van der Waals surface area contributed by atoms with Crippen molar-refractivity contribution in [2.75, 3.05) is 4.90 Å². The number of anilines is 3. The first-order valence-electron chi connectivity index (χ1n) is 15.3. The fourth-order valence-electron chi connectivity index (χ4n) is 6.35. The summed E-state index contributed by atoms with van der Waals surface area (Å²) < 4.78 is 6.62. The summed E-state index contributed by atoms with van der Waals surface area (Å²) in [5, 5.41) is 0. The van der Waals surface area contributed by atoms with Crippen LogP contribution in [-0.2, 0) is 0 Å². The molecule has 0 amide bonds. The number of para-hydroxylation sites is 3. The summed E-state index contributed by atoms with van der Waals surface area (Å²) >= 11 is 0. The Kier molecular flexibility index (Phi) is 7.69. The maximum absolute atomic E-state index is 6.62. The van der Waals surface area contributed by atoms with E-state index >= 15 is 0 Å². The van der Waals surface area contributed by atoms with E-state index in [1.807, 2.05) is 0 Å². The molecule has 210 valence electrons. The van der Waals surface area contributed by atoms with Gasteiger partial charge in [0.25, 0.3) is 6.71 Å². The molecule has 0 spiro atoms. The summed E-state index contributed by atoms with van der Waals surface area (Å²) in [6.45, 7) is 14.0. The fourth-order valence-corrected chi connectivity index (χ4v) is 6.35. The SMILES string of the molecule is CC(C)c1cc(C(C)C)c(B2c3ccccc3Oc3ccc(N(c4ccccc4)c4ccccc4)cc32)c(C(C)C)c1. The van der Waals surface area contributed by atoms with Crippen molar-refractivity contribution in [2.45, 2.75) is 59.3 Å². The molecule has 0 bridgehead atoms. The minimum Gasteiger partial charge on any atom is -0.458 e. The lowest BCUT2D eigenvalue weighted by Crippen LogP contribution is -2.57. The molecule has 6 rings (SSSR count). The highest BCUT2D eigenvalue weighted by Crippen LogP contribution is 2.37. The van der Waals surface area contributed by atoms with E-state index in [2.05, 4.69) is 162 Å². The first-order chi connectivity index (χ1) is 20.3. The maximum Gasteiger partial charge on any atom is 0.251 e. The topological polar surface area (TPSA) is 12.5 Å². The van der Waals surface area contributed by atoms with Crippen molar-refractivity contribution < 1.29 is 4.74 Å². The predicted octanol–water partition coefficient (Wildman–Crippen LogP) is 9.15. The van der Waals surface area contributed by atoms with Crippen molar-refractivity contribution in [3.63, 3.8) is 0 Å². The van der Waals surface area contributed by atoms with Crippen LogP contribution in [0.25, 0.3) is 0 Å². The van der Waals surface area contributed by atoms with Gasteiger partial charge in [0.15, 0.2) is 0 Å². The largest absolute Gasteiger partial charge is 0.458 e. The molecule has 0 N–H and O–H groups in total. The lowest BCUT2D eigenvalue weighted by Gasteiger charge is -2.33. The summed E-state index contributed by atoms with van der Waals surface area (Å²) in [7, 11) is 0. The Hall–Kier alpha value is -4.24. The quantitative estimate of drug-likeness (QED) is 0.184. The fraction of sp³-hybridized carbons (Fsp3) is 0.231. The Balaban J connectivity index is 1.63. The molecule has 3 heteroatoms. The Morgan fingerprint density at radius 2 is 1.02 bits per heavy atom. The molecular formula is C39H40BNO. The van der Waals surface area contributed by atoms with Crippen LogP contribution in [0.5, 0.6) is 11.5 Å². The Morgan fingerprint density at radius 1 is 0.500 bits per heavy atom. The molecule has 1 aliphatic heterocycles. The molecule has 5 aromatic rings. The summed E-state index contributed by atoms with van der Waals surface area (Å²) in [6, 6.07) is 41.5. The van der Waals surface area contributed by atoms with E-state index in [1.54, 1.807) is 0 Å². The predicted molar refractivity (Wildman–Crippen MR) is 181 cm³/mol. The number of ether oxygens (including phenoxy) is 1. The number of fused-ring (bicyclic) bond motifs is 2. The zero-order chi connectivity index (χ0) is 29.4. The minimum absolute atomic E-state index is 0.0642. The van der Waals surface area contributed by atoms with Crippen LogP contribution in [-0.4, -0.2) is 6.71 Å². The molecule has 0 atom stereocenters. The van der Waals surface area contributed by atoms with Gasteiger partial charge in [-0.25, -0.2) is 0 Å². The van der Waals surface area contributed by atoms with Crippen LogP contribution in [0.4, 0.5) is 17.1 Å². The maximum atomic E-state index is 6.62. The van der Waals surface area contributed by atoms with Gasteiger partial charge in [-0.05, 0) is 93.9 Å². The molecule has 2 nitrogen and oxygen atoms in total. The molecule has 1 heterocycles. The van der Waals surface area contributed by atoms with E-state index in [4.69, 9.17) is 4.74 Å². The van der Waals surface area contributed by atoms with Crippen molar-refractivity contribution >= 4 is 40.2 Å². The molecule has 0 unspecified atom stereocenters. The molecule has 0 saturated heterocycles. The van der Waals surface area contributed by atoms with Crippen molar-refractivity contribution in [3.8, 4) is 11.5 Å². The van der Waals surface area contributed by atoms with Gasteiger partial charge in [0.05, 0.1) is 0 Å². The van der Waals surface area contributed by atoms with Gasteiger partial charge in [-0.2, -0.15) is 0 Å². The lowest BCUT2D eigenvalue weighted by molar-refractivity contribution is 0.487. The van der Waals surface area contributed by atoms with Crippen LogP contribution < -0.4 is 26.0 Å². The molecule has 0 saturated carbocycles. The summed E-state index contributed by atoms with van der Waals surface area (Å²) in [4.78, 5) is 2.34. The normalized spacial score (nSPS) is 12.4. The van der Waals surface area contributed by atoms with Gasteiger partial charge in [-0.15, -0.1) is 0 Å². The average molecular weight is 550 g/mol. The van der Waals surface area contributed by atoms with E-state index in [1.165, 1.54) is 33.1 Å². The van der Waals surface area contributed by atoms with Crippen LogP contribution in [0.15, 0.2) is 115 Å². The van der Waals surface area contributed by atoms with Gasteiger partial charge in [-0.3, -0.25) is 0 Å². The first-order valence-corrected chi connectivity index (χ1v) is 15.3. The number of benzene rings is 5. The van der Waals surface area contributed by atoms with Gasteiger partial charge < -0.3 is 9.64 Å². The van der Waals surface area contributed by atoms with Crippen LogP contribution >= 0.6 is 0 Å². The first kappa shape index (κ1) is 27.9. The van der Waals surface area contributed by atoms with Gasteiger partial charge in [0, 0.05) is 17.1 Å². The highest BCUT2D eigenvalue weighted by Gasteiger charge is 2.37. The summed E-state index contributed by atoms with van der Waals surface area (Å²) in [6.07, 6.45) is 0. The van der Waals surface area contributed by atoms with Crippen LogP contribution in [0.1, 0.15) is 76.0 Å². The summed E-state index contributed by atoms with van der Waals surface area (Å²) in [5.41, 5.74) is 11.5. The van der Waals surface area contributed by atoms with E-state index in [0.717, 1.165) is 28.6 Å². The van der Waals surface area contributed by atoms with Crippen molar-refractivity contribution in [1.29, 1.82) is 0 Å². The molecule has 42 heavy (non-hydrogen) atoms. The molecule has 0 fully saturated rings. The zero-order valence-corrected chi connectivity index (χ0v) is 25.6. The number of rotatable bonds is 7. The van der Waals surface area contributed by atoms with Crippen molar-refractivity contribution in [2.24, 2.45) is 0 Å². The third-order valence-corrected chi connectivity index (χ3v) is 8.51. The highest BCUT2D eigenvalue weighted by molar-refractivity contribution is 6.97. The third kappa shape index (κ3) is 5.13. The second kappa shape index (κ2) is 11.6. The molecule has 1 aliphatic rings. The number of hydrogen-bond donors (Lipinski definition) is 0. The second-order valence-electron chi connectivity index (χ2n) is 12.4. The third-order valence-electron chi connectivity index (χ3n) is 8.51. The standard InChI is InChI=1S/C39H40BNO/c1-26(2)29-23-33(27(3)4)39(34(24-29)28(5)6)40-35-19-13-14-20-37(35)42-38-22-21-32(25-36(38)40)41(30-15-9-7-10-16-30)31-17-11-8-12-18-31/h7-28H,1-6H3. The van der Waals surface area contributed by atoms with Crippen molar-refractivity contribution in [1.82, 2.24) is 0 Å². The number of hydrogen-bond acceptors (Lipinski definition) is 2. The molecule has 5 aromatic carbocycles. The monoisotopic (exact) mass is 549 g/mol. The van der Waals surface area contributed by atoms with Crippen LogP contribution in [0.2, 0.25) is 0 Å². The van der Waals surface area contributed by atoms with Crippen molar-refractivity contribution in [3.05, 3.63) is 132 Å². The molecule has 0 aromatic heterocycles. The average Bonchev–Trinajstić information content (AvgIpc) is 3.00. The van der Waals surface area contributed by atoms with E-state index < -0.39 is 0 Å². The van der Waals surface area contributed by atoms with E-state index in [0.29, 0.717) is 17.8 Å². The van der Waals surface area contributed by atoms with Crippen LogP contribution in [0.3, 0.4) is 0 Å². The Morgan fingerprint density at radius 3 is 1.57 bits per heavy atom. The molecular weight excluding hydrogens is 509 g/mol. The van der Waals surface area contributed by atoms with Gasteiger partial charge in [0.2, 0.25) is 0 Å². The minimum atomic E-state index is 0.0642. The smallest absolute Gasteiger partial charge is 0.251 e. The van der Waals surface area contributed by atoms with Crippen LogP contribution in [0, 0.1) is 0 Å². The van der Waals surface area contributed by atoms with Gasteiger partial charge >= 0.3 is 0 Å². The highest BCUT2D eigenvalue weighted by atomic mass is 16.5. The second-order valence-corrected chi connectivity index (χ2v) is 12.4. The van der Waals surface area contributed by atoms with Gasteiger partial charge in [-0.1, -0.05) is 114 Å². The molecule has 0 aliphatic carbocycles. The molecule has 0 radical (unpaired) electrons. The van der Waals surface area contributed by atoms with Gasteiger partial charge in [0.1, 0.15) is 11.5 Å². The Bertz CT molecular complexity index is 1620.